The van der Waals surface area contributed by atoms with E-state index in [1.165, 1.54) is 13.8 Å². The van der Waals surface area contributed by atoms with Crippen molar-refractivity contribution in [3.63, 3.8) is 0 Å². The fourth-order valence-corrected chi connectivity index (χ4v) is 2.95. The lowest BCUT2D eigenvalue weighted by Gasteiger charge is -2.43. The molecule has 0 aromatic heterocycles. The molecule has 5 atom stereocenters. The minimum Gasteiger partial charge on any atom is -0.463 e. The van der Waals surface area contributed by atoms with Crippen molar-refractivity contribution in [2.45, 2.75) is 50.1 Å². The molecule has 0 aromatic carbocycles. The Hall–Kier alpha value is -1.88. The van der Waals surface area contributed by atoms with Crippen molar-refractivity contribution in [3.8, 4) is 0 Å². The Morgan fingerprint density at radius 2 is 1.56 bits per heavy atom. The van der Waals surface area contributed by atoms with E-state index in [0.29, 0.717) is 0 Å². The van der Waals surface area contributed by atoms with Gasteiger partial charge in [0.1, 0.15) is 23.8 Å². The average Bonchev–Trinajstić information content (AvgIpc) is 2.50. The van der Waals surface area contributed by atoms with Gasteiger partial charge in [-0.15, -0.1) is 0 Å². The summed E-state index contributed by atoms with van der Waals surface area (Å²) < 4.78 is 25.5. The maximum absolute atomic E-state index is 11.6. The van der Waals surface area contributed by atoms with E-state index in [9.17, 15) is 19.2 Å². The van der Waals surface area contributed by atoms with Gasteiger partial charge >= 0.3 is 24.0 Å². The van der Waals surface area contributed by atoms with Gasteiger partial charge in [0, 0.05) is 20.8 Å². The van der Waals surface area contributed by atoms with Gasteiger partial charge in [-0.3, -0.25) is 14.4 Å². The maximum atomic E-state index is 11.6. The van der Waals surface area contributed by atoms with Crippen molar-refractivity contribution in [1.29, 1.82) is 0 Å². The Morgan fingerprint density at radius 1 is 1.00 bits per heavy atom. The molecular weight excluding hydrogens is 406 g/mol. The van der Waals surface area contributed by atoms with Crippen LogP contribution in [0.1, 0.15) is 20.8 Å². The first-order chi connectivity index (χ1) is 11.6. The minimum absolute atomic E-state index is 0.238. The van der Waals surface area contributed by atoms with Crippen LogP contribution in [0.3, 0.4) is 0 Å². The zero-order valence-electron chi connectivity index (χ0n) is 14.1. The molecule has 142 valence electrons. The summed E-state index contributed by atoms with van der Waals surface area (Å²) in [6.45, 7) is 3.30. The third-order valence-corrected chi connectivity index (χ3v) is 3.94. The molecule has 11 heteroatoms. The number of esters is 3. The summed E-state index contributed by atoms with van der Waals surface area (Å²) in [6.07, 6.45) is -3.93. The predicted octanol–water partition coefficient (Wildman–Crippen LogP) is 0.257. The van der Waals surface area contributed by atoms with Gasteiger partial charge in [0.2, 0.25) is 0 Å². The van der Waals surface area contributed by atoms with Gasteiger partial charge in [0.25, 0.3) is 0 Å². The summed E-state index contributed by atoms with van der Waals surface area (Å²) in [5.74, 6) is -1.88. The molecule has 0 radical (unpaired) electrons. The van der Waals surface area contributed by atoms with Crippen LogP contribution in [0.25, 0.3) is 0 Å². The number of carbonyl (C=O) groups is 4. The van der Waals surface area contributed by atoms with Gasteiger partial charge in [-0.2, -0.15) is 0 Å². The molecule has 0 spiro atoms. The fraction of sp³-hybridized carbons (Fsp3) is 0.714. The molecule has 1 aliphatic rings. The number of methoxy groups -OCH3 is 1. The van der Waals surface area contributed by atoms with Crippen molar-refractivity contribution >= 4 is 39.9 Å². The largest absolute Gasteiger partial charge is 0.463 e. The van der Waals surface area contributed by atoms with Crippen molar-refractivity contribution in [1.82, 2.24) is 5.32 Å². The second-order valence-corrected chi connectivity index (χ2v) is 6.04. The summed E-state index contributed by atoms with van der Waals surface area (Å²) in [4.78, 5) is 45.5. The molecule has 10 nitrogen and oxygen atoms in total. The van der Waals surface area contributed by atoms with E-state index in [0.717, 1.165) is 14.0 Å². The van der Waals surface area contributed by atoms with E-state index in [1.54, 1.807) is 0 Å². The second kappa shape index (κ2) is 9.56. The highest BCUT2D eigenvalue weighted by Gasteiger charge is 2.50. The number of hydrogen-bond donors (Lipinski definition) is 1. The van der Waals surface area contributed by atoms with E-state index in [4.69, 9.17) is 18.9 Å². The molecule has 1 fully saturated rings. The smallest absolute Gasteiger partial charge is 0.407 e. The predicted molar refractivity (Wildman–Crippen MR) is 84.7 cm³/mol. The van der Waals surface area contributed by atoms with Crippen LogP contribution in [0, 0.1) is 0 Å². The van der Waals surface area contributed by atoms with Gasteiger partial charge in [0.05, 0.1) is 7.11 Å². The van der Waals surface area contributed by atoms with Crippen LogP contribution >= 0.6 is 15.9 Å². The van der Waals surface area contributed by atoms with Crippen molar-refractivity contribution in [3.05, 3.63) is 0 Å². The topological polar surface area (TPSA) is 126 Å². The number of alkyl carbamates (subject to hydrolysis) is 1. The molecule has 0 bridgehead atoms. The van der Waals surface area contributed by atoms with E-state index in [1.807, 2.05) is 0 Å². The third kappa shape index (κ3) is 6.50. The first-order valence-corrected chi connectivity index (χ1v) is 8.19. The van der Waals surface area contributed by atoms with Gasteiger partial charge in [-0.1, -0.05) is 15.9 Å². The molecule has 0 aliphatic carbocycles. The number of rotatable bonds is 5. The molecule has 1 saturated heterocycles. The summed E-state index contributed by atoms with van der Waals surface area (Å²) >= 11 is 3.22. The highest BCUT2D eigenvalue weighted by Crippen LogP contribution is 2.29. The van der Waals surface area contributed by atoms with Crippen molar-refractivity contribution in [2.24, 2.45) is 0 Å². The highest BCUT2D eigenvalue weighted by molar-refractivity contribution is 9.09. The fourth-order valence-electron chi connectivity index (χ4n) is 2.24. The van der Waals surface area contributed by atoms with Crippen LogP contribution in [0.4, 0.5) is 4.79 Å². The van der Waals surface area contributed by atoms with Crippen LogP contribution in [0.15, 0.2) is 0 Å². The molecule has 1 rings (SSSR count). The van der Waals surface area contributed by atoms with Gasteiger partial charge in [0.15, 0.2) is 12.2 Å². The number of ether oxygens (including phenoxy) is 5. The van der Waals surface area contributed by atoms with Gasteiger partial charge < -0.3 is 29.0 Å². The second-order valence-electron chi connectivity index (χ2n) is 5.14. The number of nitrogens with one attached hydrogen (secondary N) is 1. The van der Waals surface area contributed by atoms with E-state index >= 15 is 0 Å². The summed E-state index contributed by atoms with van der Waals surface area (Å²) in [5, 5.41) is 1.62. The molecule has 1 heterocycles. The molecular formula is C14H20BrNO9. The standard InChI is InChI=1S/C14H20BrNO9/c1-6(17)22-5-9-11(23-7(2)18)12(24-8(3)19)10(13(15)25-9)16-14(20)21-4/h9-13H,5H2,1-4H3,(H,16,20)/t9-,10-,11-,12-,13+/m1/s1. The lowest BCUT2D eigenvalue weighted by molar-refractivity contribution is -0.210. The zero-order valence-corrected chi connectivity index (χ0v) is 15.7. The lowest BCUT2D eigenvalue weighted by Crippen LogP contribution is -2.64. The number of amides is 1. The Kier molecular flexibility index (Phi) is 8.10. The minimum atomic E-state index is -1.11. The quantitative estimate of drug-likeness (QED) is 0.374. The summed E-state index contributed by atoms with van der Waals surface area (Å²) in [6, 6.07) is -0.922. The van der Waals surface area contributed by atoms with Crippen LogP contribution in [-0.2, 0) is 38.1 Å². The Balaban J connectivity index is 3.12. The SMILES string of the molecule is COC(=O)N[C@@H]1[C@@H](OC(C)=O)[C@H](OC(C)=O)[C@@H](COC(C)=O)O[C@@H]1Br. The number of halogens is 1. The third-order valence-electron chi connectivity index (χ3n) is 3.16. The Morgan fingerprint density at radius 3 is 2.04 bits per heavy atom. The van der Waals surface area contributed by atoms with Crippen molar-refractivity contribution < 1.29 is 42.9 Å². The molecule has 25 heavy (non-hydrogen) atoms. The van der Waals surface area contributed by atoms with E-state index < -0.39 is 53.4 Å². The summed E-state index contributed by atoms with van der Waals surface area (Å²) in [5.41, 5.74) is 0. The number of hydrogen-bond acceptors (Lipinski definition) is 9. The van der Waals surface area contributed by atoms with Gasteiger partial charge in [-0.25, -0.2) is 4.79 Å². The van der Waals surface area contributed by atoms with Crippen LogP contribution in [0.5, 0.6) is 0 Å². The van der Waals surface area contributed by atoms with Gasteiger partial charge in [-0.05, 0) is 0 Å². The number of carbonyl (C=O) groups excluding carboxylic acids is 4. The molecule has 1 aliphatic heterocycles. The van der Waals surface area contributed by atoms with Crippen LogP contribution in [-0.4, -0.2) is 67.1 Å². The van der Waals surface area contributed by atoms with Crippen LogP contribution < -0.4 is 5.32 Å². The normalized spacial score (nSPS) is 28.4. The average molecular weight is 426 g/mol. The Labute approximate surface area is 152 Å². The first kappa shape index (κ1) is 21.2. The van der Waals surface area contributed by atoms with Crippen molar-refractivity contribution in [2.75, 3.05) is 13.7 Å². The molecule has 0 saturated carbocycles. The van der Waals surface area contributed by atoms with Crippen LogP contribution in [0.2, 0.25) is 0 Å². The zero-order chi connectivity index (χ0) is 19.1. The highest BCUT2D eigenvalue weighted by atomic mass is 79.9. The number of alkyl halides is 1. The monoisotopic (exact) mass is 425 g/mol. The molecule has 0 unspecified atom stereocenters. The first-order valence-electron chi connectivity index (χ1n) is 7.27. The molecule has 1 N–H and O–H groups in total. The van der Waals surface area contributed by atoms with E-state index in [2.05, 4.69) is 26.0 Å². The Bertz CT molecular complexity index is 526. The lowest BCUT2D eigenvalue weighted by atomic mass is 9.97. The summed E-state index contributed by atoms with van der Waals surface area (Å²) in [7, 11) is 1.16. The van der Waals surface area contributed by atoms with E-state index in [-0.39, 0.29) is 6.61 Å². The maximum Gasteiger partial charge on any atom is 0.407 e. The molecule has 1 amide bonds. The molecule has 0 aromatic rings.